The number of hydrogen-bond donors (Lipinski definition) is 1. The summed E-state index contributed by atoms with van der Waals surface area (Å²) in [7, 11) is -2.06. The number of ether oxygens (including phenoxy) is 2. The number of halogens is 1. The first-order chi connectivity index (χ1) is 14.7. The van der Waals surface area contributed by atoms with Crippen molar-refractivity contribution in [3.8, 4) is 0 Å². The molecule has 1 N–H and O–H groups in total. The maximum atomic E-state index is 13.0. The van der Waals surface area contributed by atoms with Crippen molar-refractivity contribution >= 4 is 50.8 Å². The second kappa shape index (κ2) is 8.94. The van der Waals surface area contributed by atoms with Gasteiger partial charge in [0.25, 0.3) is 10.0 Å². The molecule has 0 spiro atoms. The van der Waals surface area contributed by atoms with E-state index in [9.17, 15) is 22.8 Å². The van der Waals surface area contributed by atoms with Crippen molar-refractivity contribution in [3.05, 3.63) is 52.5 Å². The van der Waals surface area contributed by atoms with Gasteiger partial charge in [0, 0.05) is 13.0 Å². The molecule has 0 saturated carbocycles. The second-order valence-electron chi connectivity index (χ2n) is 6.61. The molecule has 2 aromatic carbocycles. The molecule has 9 nitrogen and oxygen atoms in total. The molecule has 1 heterocycles. The predicted octanol–water partition coefficient (Wildman–Crippen LogP) is 2.84. The van der Waals surface area contributed by atoms with Gasteiger partial charge in [0.15, 0.2) is 0 Å². The van der Waals surface area contributed by atoms with E-state index < -0.39 is 26.9 Å². The van der Waals surface area contributed by atoms with Gasteiger partial charge in [0.05, 0.1) is 41.7 Å². The van der Waals surface area contributed by atoms with E-state index >= 15 is 0 Å². The minimum absolute atomic E-state index is 0.0578. The molecule has 0 bridgehead atoms. The molecule has 0 unspecified atom stereocenters. The normalized spacial score (nSPS) is 13.8. The summed E-state index contributed by atoms with van der Waals surface area (Å²) in [5, 5.41) is 0.187. The van der Waals surface area contributed by atoms with E-state index in [0.717, 1.165) is 26.7 Å². The molecule has 1 amide bonds. The molecule has 1 aliphatic rings. The van der Waals surface area contributed by atoms with Crippen molar-refractivity contribution in [2.75, 3.05) is 30.4 Å². The predicted molar refractivity (Wildman–Crippen MR) is 113 cm³/mol. The first kappa shape index (κ1) is 22.6. The minimum atomic E-state index is -4.32. The van der Waals surface area contributed by atoms with E-state index in [-0.39, 0.29) is 27.7 Å². The summed E-state index contributed by atoms with van der Waals surface area (Å²) >= 11 is 6.28. The van der Waals surface area contributed by atoms with Crippen LogP contribution in [0.1, 0.15) is 33.6 Å². The zero-order valence-electron chi connectivity index (χ0n) is 16.7. The Bertz CT molecular complexity index is 1160. The lowest BCUT2D eigenvalue weighted by molar-refractivity contribution is -0.117. The lowest BCUT2D eigenvalue weighted by Crippen LogP contribution is -2.24. The third kappa shape index (κ3) is 4.64. The number of methoxy groups -OCH3 is 2. The molecule has 0 atom stereocenters. The van der Waals surface area contributed by atoms with Crippen LogP contribution in [0.5, 0.6) is 0 Å². The summed E-state index contributed by atoms with van der Waals surface area (Å²) in [6, 6.07) is 7.81. The first-order valence-corrected chi connectivity index (χ1v) is 11.0. The lowest BCUT2D eigenvalue weighted by Gasteiger charge is -2.18. The standard InChI is InChI=1S/C20H19ClN2O7S/c1-29-19(25)12-5-7-14(20(26)30-2)17(10-12)31(27,28)22-13-6-8-16(15(21)11-13)23-9-3-4-18(23)24/h5-8,10-11,22H,3-4,9H2,1-2H3. The van der Waals surface area contributed by atoms with Crippen molar-refractivity contribution in [1.82, 2.24) is 0 Å². The summed E-state index contributed by atoms with van der Waals surface area (Å²) in [5.74, 6) is -1.72. The largest absolute Gasteiger partial charge is 0.465 e. The highest BCUT2D eigenvalue weighted by Gasteiger charge is 2.27. The van der Waals surface area contributed by atoms with Crippen LogP contribution < -0.4 is 9.62 Å². The number of benzene rings is 2. The fourth-order valence-electron chi connectivity index (χ4n) is 3.17. The molecular weight excluding hydrogens is 448 g/mol. The van der Waals surface area contributed by atoms with Gasteiger partial charge in [0.1, 0.15) is 4.90 Å². The minimum Gasteiger partial charge on any atom is -0.465 e. The first-order valence-electron chi connectivity index (χ1n) is 9.11. The third-order valence-corrected chi connectivity index (χ3v) is 6.39. The number of carbonyl (C=O) groups is 3. The average Bonchev–Trinajstić information content (AvgIpc) is 3.17. The number of carbonyl (C=O) groups excluding carboxylic acids is 3. The van der Waals surface area contributed by atoms with Gasteiger partial charge in [-0.2, -0.15) is 0 Å². The lowest BCUT2D eigenvalue weighted by atomic mass is 10.1. The maximum absolute atomic E-state index is 13.0. The van der Waals surface area contributed by atoms with Gasteiger partial charge < -0.3 is 14.4 Å². The SMILES string of the molecule is COC(=O)c1ccc(C(=O)OC)c(S(=O)(=O)Nc2ccc(N3CCCC3=O)c(Cl)c2)c1. The fraction of sp³-hybridized carbons (Fsp3) is 0.250. The van der Waals surface area contributed by atoms with E-state index in [1.807, 2.05) is 0 Å². The van der Waals surface area contributed by atoms with Crippen LogP contribution in [0, 0.1) is 0 Å². The van der Waals surface area contributed by atoms with Crippen molar-refractivity contribution in [3.63, 3.8) is 0 Å². The van der Waals surface area contributed by atoms with Gasteiger partial charge >= 0.3 is 11.9 Å². The zero-order chi connectivity index (χ0) is 22.8. The number of anilines is 2. The van der Waals surface area contributed by atoms with Crippen molar-refractivity contribution in [2.45, 2.75) is 17.7 Å². The van der Waals surface area contributed by atoms with Crippen LogP contribution in [-0.2, 0) is 24.3 Å². The third-order valence-electron chi connectivity index (χ3n) is 4.66. The van der Waals surface area contributed by atoms with Crippen LogP contribution in [0.3, 0.4) is 0 Å². The van der Waals surface area contributed by atoms with Gasteiger partial charge in [-0.1, -0.05) is 11.6 Å². The Kier molecular flexibility index (Phi) is 6.51. The van der Waals surface area contributed by atoms with Crippen LogP contribution in [0.4, 0.5) is 11.4 Å². The zero-order valence-corrected chi connectivity index (χ0v) is 18.2. The molecule has 11 heteroatoms. The van der Waals surface area contributed by atoms with Crippen LogP contribution in [0.15, 0.2) is 41.3 Å². The number of hydrogen-bond acceptors (Lipinski definition) is 7. The quantitative estimate of drug-likeness (QED) is 0.650. The van der Waals surface area contributed by atoms with Crippen molar-refractivity contribution in [1.29, 1.82) is 0 Å². The van der Waals surface area contributed by atoms with Crippen molar-refractivity contribution in [2.24, 2.45) is 0 Å². The molecule has 1 fully saturated rings. The summed E-state index contributed by atoms with van der Waals surface area (Å²) in [6.07, 6.45) is 1.15. The molecule has 0 aromatic heterocycles. The molecule has 1 aliphatic heterocycles. The molecule has 3 rings (SSSR count). The Morgan fingerprint density at radius 1 is 1.06 bits per heavy atom. The van der Waals surface area contributed by atoms with Gasteiger partial charge in [-0.3, -0.25) is 9.52 Å². The highest BCUT2D eigenvalue weighted by atomic mass is 35.5. The molecule has 0 aliphatic carbocycles. The number of amides is 1. The maximum Gasteiger partial charge on any atom is 0.339 e. The Morgan fingerprint density at radius 3 is 2.35 bits per heavy atom. The molecule has 164 valence electrons. The summed E-state index contributed by atoms with van der Waals surface area (Å²) < 4.78 is 37.7. The van der Waals surface area contributed by atoms with E-state index in [1.54, 1.807) is 0 Å². The van der Waals surface area contributed by atoms with Gasteiger partial charge in [-0.25, -0.2) is 18.0 Å². The number of esters is 2. The van der Waals surface area contributed by atoms with Crippen LogP contribution in [0.2, 0.25) is 5.02 Å². The van der Waals surface area contributed by atoms with E-state index in [2.05, 4.69) is 14.2 Å². The topological polar surface area (TPSA) is 119 Å². The Labute approximate surface area is 183 Å². The number of nitrogens with one attached hydrogen (secondary N) is 1. The molecular formula is C20H19ClN2O7S. The van der Waals surface area contributed by atoms with E-state index in [4.69, 9.17) is 11.6 Å². The average molecular weight is 467 g/mol. The molecule has 1 saturated heterocycles. The smallest absolute Gasteiger partial charge is 0.339 e. The Morgan fingerprint density at radius 2 is 1.77 bits per heavy atom. The van der Waals surface area contributed by atoms with E-state index in [1.165, 1.54) is 35.2 Å². The Hall–Kier alpha value is -3.11. The molecule has 0 radical (unpaired) electrons. The monoisotopic (exact) mass is 466 g/mol. The van der Waals surface area contributed by atoms with Gasteiger partial charge in [0.2, 0.25) is 5.91 Å². The highest BCUT2D eigenvalue weighted by Crippen LogP contribution is 2.32. The molecule has 31 heavy (non-hydrogen) atoms. The molecule has 2 aromatic rings. The summed E-state index contributed by atoms with van der Waals surface area (Å²) in [5.41, 5.74) is 0.277. The summed E-state index contributed by atoms with van der Waals surface area (Å²) in [6.45, 7) is 0.534. The van der Waals surface area contributed by atoms with Crippen molar-refractivity contribution < 1.29 is 32.3 Å². The van der Waals surface area contributed by atoms with E-state index in [0.29, 0.717) is 18.7 Å². The number of rotatable bonds is 6. The van der Waals surface area contributed by atoms with Crippen LogP contribution in [0.25, 0.3) is 0 Å². The van der Waals surface area contributed by atoms with Crippen LogP contribution >= 0.6 is 11.6 Å². The fourth-order valence-corrected chi connectivity index (χ4v) is 4.72. The highest BCUT2D eigenvalue weighted by molar-refractivity contribution is 7.92. The Balaban J connectivity index is 1.98. The number of nitrogens with zero attached hydrogens (tertiary/aromatic N) is 1. The van der Waals surface area contributed by atoms with Gasteiger partial charge in [-0.15, -0.1) is 0 Å². The summed E-state index contributed by atoms with van der Waals surface area (Å²) in [4.78, 5) is 36.9. The second-order valence-corrected chi connectivity index (χ2v) is 8.67. The van der Waals surface area contributed by atoms with Gasteiger partial charge in [-0.05, 0) is 42.8 Å². The number of sulfonamides is 1. The van der Waals surface area contributed by atoms with Crippen LogP contribution in [-0.4, -0.2) is 47.0 Å².